The minimum atomic E-state index is -0.324. The van der Waals surface area contributed by atoms with Gasteiger partial charge >= 0.3 is 0 Å². The number of likely N-dealkylation sites (tertiary alicyclic amines) is 1. The maximum atomic E-state index is 13.4. The fraction of sp³-hybridized carbons (Fsp3) is 0.375. The van der Waals surface area contributed by atoms with Gasteiger partial charge in [0.1, 0.15) is 10.8 Å². The van der Waals surface area contributed by atoms with Crippen LogP contribution in [0.3, 0.4) is 0 Å². The number of carbonyl (C=O) groups is 1. The van der Waals surface area contributed by atoms with Gasteiger partial charge in [-0.1, -0.05) is 12.1 Å². The summed E-state index contributed by atoms with van der Waals surface area (Å²) in [7, 11) is 1.50. The Kier molecular flexibility index (Phi) is 4.38. The second-order valence-electron chi connectivity index (χ2n) is 5.22. The number of rotatable bonds is 3. The maximum Gasteiger partial charge on any atom is 0.269 e. The average Bonchev–Trinajstić information content (AvgIpc) is 2.99. The number of benzene rings is 1. The van der Waals surface area contributed by atoms with Gasteiger partial charge in [0, 0.05) is 18.7 Å². The number of halogens is 1. The quantitative estimate of drug-likeness (QED) is 0.868. The van der Waals surface area contributed by atoms with E-state index in [1.165, 1.54) is 30.6 Å². The van der Waals surface area contributed by atoms with Crippen molar-refractivity contribution >= 4 is 17.2 Å². The Morgan fingerprint density at radius 1 is 1.32 bits per heavy atom. The topological polar surface area (TPSA) is 42.4 Å². The molecule has 1 amide bonds. The first-order valence-corrected chi connectivity index (χ1v) is 8.10. The van der Waals surface area contributed by atoms with E-state index in [0.717, 1.165) is 32.4 Å². The lowest BCUT2D eigenvalue weighted by molar-refractivity contribution is 0.0725. The lowest BCUT2D eigenvalue weighted by Gasteiger charge is -2.26. The lowest BCUT2D eigenvalue weighted by Crippen LogP contribution is -2.35. The van der Waals surface area contributed by atoms with Crippen molar-refractivity contribution < 1.29 is 13.9 Å². The number of aromatic nitrogens is 1. The van der Waals surface area contributed by atoms with Gasteiger partial charge < -0.3 is 9.64 Å². The van der Waals surface area contributed by atoms with Gasteiger partial charge in [-0.15, -0.1) is 11.3 Å². The smallest absolute Gasteiger partial charge is 0.269 e. The van der Waals surface area contributed by atoms with Gasteiger partial charge in [-0.05, 0) is 31.4 Å². The zero-order valence-corrected chi connectivity index (χ0v) is 13.2. The van der Waals surface area contributed by atoms with Crippen LogP contribution in [0.4, 0.5) is 4.39 Å². The molecule has 1 saturated heterocycles. The Morgan fingerprint density at radius 2 is 2.09 bits per heavy atom. The fourth-order valence-corrected chi connectivity index (χ4v) is 3.56. The van der Waals surface area contributed by atoms with E-state index in [1.54, 1.807) is 12.1 Å². The monoisotopic (exact) mass is 320 g/mol. The van der Waals surface area contributed by atoms with Crippen LogP contribution in [-0.4, -0.2) is 36.0 Å². The molecule has 22 heavy (non-hydrogen) atoms. The highest BCUT2D eigenvalue weighted by molar-refractivity contribution is 7.17. The van der Waals surface area contributed by atoms with Crippen LogP contribution < -0.4 is 4.74 Å². The molecule has 3 rings (SSSR count). The Balaban J connectivity index is 1.92. The van der Waals surface area contributed by atoms with Crippen molar-refractivity contribution in [3.05, 3.63) is 35.0 Å². The minimum absolute atomic E-state index is 0.0447. The first-order valence-electron chi connectivity index (χ1n) is 7.29. The van der Waals surface area contributed by atoms with Crippen LogP contribution in [0.1, 0.15) is 28.9 Å². The molecule has 0 radical (unpaired) electrons. The molecule has 0 spiro atoms. The molecule has 6 heteroatoms. The van der Waals surface area contributed by atoms with Crippen molar-refractivity contribution in [2.24, 2.45) is 0 Å². The third-order valence-electron chi connectivity index (χ3n) is 3.70. The molecule has 0 aliphatic carbocycles. The molecule has 0 atom stereocenters. The lowest BCUT2D eigenvalue weighted by atomic mass is 10.1. The van der Waals surface area contributed by atoms with Crippen molar-refractivity contribution in [1.82, 2.24) is 9.88 Å². The number of thiazole rings is 1. The largest absolute Gasteiger partial charge is 0.480 e. The summed E-state index contributed by atoms with van der Waals surface area (Å²) < 4.78 is 18.6. The molecule has 1 aromatic carbocycles. The summed E-state index contributed by atoms with van der Waals surface area (Å²) >= 11 is 1.25. The average molecular weight is 320 g/mol. The first kappa shape index (κ1) is 15.0. The molecule has 1 aromatic heterocycles. The molecule has 116 valence electrons. The molecule has 2 heterocycles. The summed E-state index contributed by atoms with van der Waals surface area (Å²) in [5.74, 6) is -0.0490. The van der Waals surface area contributed by atoms with Crippen LogP contribution in [0.5, 0.6) is 5.88 Å². The van der Waals surface area contributed by atoms with Crippen molar-refractivity contribution in [3.63, 3.8) is 0 Å². The molecule has 0 unspecified atom stereocenters. The fourth-order valence-electron chi connectivity index (χ4n) is 2.57. The summed E-state index contributed by atoms with van der Waals surface area (Å²) in [6, 6.07) is 6.20. The molecule has 0 bridgehead atoms. The Hall–Kier alpha value is -1.95. The third-order valence-corrected chi connectivity index (χ3v) is 4.77. The Labute approximate surface area is 132 Å². The van der Waals surface area contributed by atoms with Gasteiger partial charge in [0.25, 0.3) is 5.91 Å². The van der Waals surface area contributed by atoms with Crippen molar-refractivity contribution in [2.75, 3.05) is 20.2 Å². The number of hydrogen-bond donors (Lipinski definition) is 0. The molecule has 1 aliphatic heterocycles. The van der Waals surface area contributed by atoms with E-state index >= 15 is 0 Å². The number of hydrogen-bond acceptors (Lipinski definition) is 4. The van der Waals surface area contributed by atoms with Crippen LogP contribution in [0.25, 0.3) is 10.6 Å². The van der Waals surface area contributed by atoms with Gasteiger partial charge in [0.2, 0.25) is 5.88 Å². The summed E-state index contributed by atoms with van der Waals surface area (Å²) in [5.41, 5.74) is 0.654. The number of ether oxygens (including phenoxy) is 1. The number of amides is 1. The molecule has 1 aliphatic rings. The predicted octanol–water partition coefficient (Wildman–Crippen LogP) is 3.58. The molecule has 1 fully saturated rings. The van der Waals surface area contributed by atoms with Gasteiger partial charge in [-0.2, -0.15) is 0 Å². The summed E-state index contributed by atoms with van der Waals surface area (Å²) in [5, 5.41) is 0.594. The number of piperidine rings is 1. The zero-order valence-electron chi connectivity index (χ0n) is 12.3. The van der Waals surface area contributed by atoms with E-state index in [2.05, 4.69) is 4.98 Å². The normalized spacial score (nSPS) is 14.9. The van der Waals surface area contributed by atoms with Gasteiger partial charge in [0.05, 0.1) is 7.11 Å². The summed E-state index contributed by atoms with van der Waals surface area (Å²) in [6.45, 7) is 1.55. The number of nitrogens with zero attached hydrogens (tertiary/aromatic N) is 2. The van der Waals surface area contributed by atoms with Crippen molar-refractivity contribution in [2.45, 2.75) is 19.3 Å². The Bertz CT molecular complexity index is 681. The first-order chi connectivity index (χ1) is 10.7. The van der Waals surface area contributed by atoms with Crippen LogP contribution >= 0.6 is 11.3 Å². The highest BCUT2D eigenvalue weighted by Gasteiger charge is 2.25. The predicted molar refractivity (Wildman–Crippen MR) is 83.8 cm³/mol. The molecular weight excluding hydrogens is 303 g/mol. The van der Waals surface area contributed by atoms with Gasteiger partial charge in [0.15, 0.2) is 4.88 Å². The molecular formula is C16H17FN2O2S. The van der Waals surface area contributed by atoms with Gasteiger partial charge in [-0.3, -0.25) is 4.79 Å². The molecule has 4 nitrogen and oxygen atoms in total. The van der Waals surface area contributed by atoms with Gasteiger partial charge in [-0.25, -0.2) is 9.37 Å². The summed E-state index contributed by atoms with van der Waals surface area (Å²) in [4.78, 5) is 19.3. The number of methoxy groups -OCH3 is 1. The van der Waals surface area contributed by atoms with Crippen LogP contribution in [-0.2, 0) is 0 Å². The highest BCUT2D eigenvalue weighted by Crippen LogP contribution is 2.34. The number of carbonyl (C=O) groups excluding carboxylic acids is 1. The van der Waals surface area contributed by atoms with E-state index < -0.39 is 0 Å². The van der Waals surface area contributed by atoms with E-state index in [9.17, 15) is 9.18 Å². The van der Waals surface area contributed by atoms with E-state index in [4.69, 9.17) is 4.74 Å². The molecule has 0 N–H and O–H groups in total. The highest BCUT2D eigenvalue weighted by atomic mass is 32.1. The van der Waals surface area contributed by atoms with Crippen LogP contribution in [0, 0.1) is 5.82 Å². The van der Waals surface area contributed by atoms with Crippen molar-refractivity contribution in [1.29, 1.82) is 0 Å². The minimum Gasteiger partial charge on any atom is -0.480 e. The second kappa shape index (κ2) is 6.44. The maximum absolute atomic E-state index is 13.4. The van der Waals surface area contributed by atoms with Crippen molar-refractivity contribution in [3.8, 4) is 16.5 Å². The van der Waals surface area contributed by atoms with E-state index in [1.807, 2.05) is 4.90 Å². The van der Waals surface area contributed by atoms with Crippen LogP contribution in [0.2, 0.25) is 0 Å². The SMILES string of the molecule is COc1nc(-c2cccc(F)c2)sc1C(=O)N1CCCCC1. The third kappa shape index (κ3) is 2.97. The van der Waals surface area contributed by atoms with E-state index in [0.29, 0.717) is 21.3 Å². The zero-order chi connectivity index (χ0) is 15.5. The second-order valence-corrected chi connectivity index (χ2v) is 6.22. The standard InChI is InChI=1S/C16H17FN2O2S/c1-21-14-13(16(20)19-8-3-2-4-9-19)22-15(18-14)11-6-5-7-12(17)10-11/h5-7,10H,2-4,8-9H2,1H3. The molecule has 2 aromatic rings. The van der Waals surface area contributed by atoms with Crippen LogP contribution in [0.15, 0.2) is 24.3 Å². The summed E-state index contributed by atoms with van der Waals surface area (Å²) in [6.07, 6.45) is 3.23. The van der Waals surface area contributed by atoms with E-state index in [-0.39, 0.29) is 11.7 Å². The Morgan fingerprint density at radius 3 is 2.77 bits per heavy atom. The molecule has 0 saturated carbocycles.